The zero-order chi connectivity index (χ0) is 21.1. The van der Waals surface area contributed by atoms with E-state index in [0.29, 0.717) is 53.5 Å². The van der Waals surface area contributed by atoms with Gasteiger partial charge in [-0.2, -0.15) is 4.98 Å². The molecule has 9 nitrogen and oxygen atoms in total. The van der Waals surface area contributed by atoms with Gasteiger partial charge in [-0.15, -0.1) is 5.10 Å². The fourth-order valence-corrected chi connectivity index (χ4v) is 5.42. The molecule has 2 aromatic heterocycles. The van der Waals surface area contributed by atoms with Crippen LogP contribution in [0.5, 0.6) is 5.88 Å². The Morgan fingerprint density at radius 1 is 1.19 bits per heavy atom. The second-order valence-electron chi connectivity index (χ2n) is 9.23. The van der Waals surface area contributed by atoms with E-state index in [1.807, 2.05) is 0 Å². The van der Waals surface area contributed by atoms with Crippen molar-refractivity contribution in [1.29, 1.82) is 0 Å². The van der Waals surface area contributed by atoms with E-state index in [-0.39, 0.29) is 6.04 Å². The highest BCUT2D eigenvalue weighted by atomic mass is 35.5. The van der Waals surface area contributed by atoms with Gasteiger partial charge in [0.15, 0.2) is 5.82 Å². The van der Waals surface area contributed by atoms with Crippen molar-refractivity contribution < 1.29 is 9.47 Å². The fourth-order valence-electron chi connectivity index (χ4n) is 5.28. The molecule has 0 spiro atoms. The normalized spacial score (nSPS) is 32.3. The van der Waals surface area contributed by atoms with E-state index < -0.39 is 0 Å². The van der Waals surface area contributed by atoms with Gasteiger partial charge in [0.1, 0.15) is 10.7 Å². The van der Waals surface area contributed by atoms with Crippen LogP contribution in [0.4, 0.5) is 17.5 Å². The third kappa shape index (κ3) is 3.43. The lowest BCUT2D eigenvalue weighted by Crippen LogP contribution is -2.50. The average molecular weight is 446 g/mol. The first-order valence-corrected chi connectivity index (χ1v) is 11.6. The SMILES string of the molecule is Cc1c2c(nn1C1CC(N3C[C@@H]4C[C@H]3CO4)C1)OCC[C@@H](C)Nc1nc(ncc1Cl)N2. The quantitative estimate of drug-likeness (QED) is 0.728. The first kappa shape index (κ1) is 19.6. The lowest BCUT2D eigenvalue weighted by atomic mass is 9.85. The first-order valence-electron chi connectivity index (χ1n) is 11.2. The second-order valence-corrected chi connectivity index (χ2v) is 9.64. The van der Waals surface area contributed by atoms with E-state index in [2.05, 4.69) is 44.0 Å². The van der Waals surface area contributed by atoms with Gasteiger partial charge < -0.3 is 20.1 Å². The number of rotatable bonds is 2. The molecule has 5 heterocycles. The highest BCUT2D eigenvalue weighted by Crippen LogP contribution is 2.43. The monoisotopic (exact) mass is 445 g/mol. The van der Waals surface area contributed by atoms with Crippen LogP contribution in [0.2, 0.25) is 5.02 Å². The number of likely N-dealkylation sites (tertiary alicyclic amines) is 1. The molecule has 166 valence electrons. The lowest BCUT2D eigenvalue weighted by Gasteiger charge is -2.44. The molecule has 3 aliphatic heterocycles. The summed E-state index contributed by atoms with van der Waals surface area (Å²) in [6.45, 7) is 6.71. The van der Waals surface area contributed by atoms with Gasteiger partial charge in [-0.3, -0.25) is 9.58 Å². The van der Waals surface area contributed by atoms with Gasteiger partial charge in [-0.1, -0.05) is 11.6 Å². The van der Waals surface area contributed by atoms with Gasteiger partial charge in [-0.25, -0.2) is 4.98 Å². The summed E-state index contributed by atoms with van der Waals surface area (Å²) in [6.07, 6.45) is 6.32. The molecule has 10 heteroatoms. The molecule has 0 amide bonds. The smallest absolute Gasteiger partial charge is 0.257 e. The van der Waals surface area contributed by atoms with E-state index in [1.165, 1.54) is 6.42 Å². The van der Waals surface area contributed by atoms with E-state index in [9.17, 15) is 0 Å². The molecule has 0 unspecified atom stereocenters. The number of aromatic nitrogens is 4. The van der Waals surface area contributed by atoms with E-state index in [1.54, 1.807) is 6.20 Å². The van der Waals surface area contributed by atoms with Crippen LogP contribution in [0.15, 0.2) is 6.20 Å². The highest BCUT2D eigenvalue weighted by Gasteiger charge is 2.46. The Bertz CT molecular complexity index is 992. The predicted octanol–water partition coefficient (Wildman–Crippen LogP) is 3.14. The van der Waals surface area contributed by atoms with E-state index in [4.69, 9.17) is 26.2 Å². The average Bonchev–Trinajstić information content (AvgIpc) is 3.40. The maximum absolute atomic E-state index is 6.28. The minimum absolute atomic E-state index is 0.164. The molecule has 2 aromatic rings. The molecular weight excluding hydrogens is 418 g/mol. The standard InChI is InChI=1S/C21H28ClN7O2/c1-11-3-4-30-20-18(25-21-23-8-17(22)19(24-11)26-21)12(2)29(27-20)14-5-13(6-14)28-9-16-7-15(28)10-31-16/h8,11,13-16H,3-7,9-10H2,1-2H3,(H2,23,24,25,26)/t11-,13?,14?,15+,16+/m1/s1. The molecule has 4 aliphatic rings. The number of morpholine rings is 1. The van der Waals surface area contributed by atoms with Crippen LogP contribution in [-0.2, 0) is 4.74 Å². The minimum atomic E-state index is 0.164. The summed E-state index contributed by atoms with van der Waals surface area (Å²) in [6, 6.07) is 1.80. The summed E-state index contributed by atoms with van der Waals surface area (Å²) in [5, 5.41) is 12.0. The summed E-state index contributed by atoms with van der Waals surface area (Å²) in [5.41, 5.74) is 1.88. The number of halogens is 1. The fraction of sp³-hybridized carbons (Fsp3) is 0.667. The van der Waals surface area contributed by atoms with Crippen molar-refractivity contribution in [2.24, 2.45) is 0 Å². The maximum atomic E-state index is 6.28. The molecule has 3 fully saturated rings. The lowest BCUT2D eigenvalue weighted by molar-refractivity contribution is -0.0200. The van der Waals surface area contributed by atoms with Crippen molar-refractivity contribution >= 4 is 29.1 Å². The van der Waals surface area contributed by atoms with Crippen molar-refractivity contribution in [3.8, 4) is 5.88 Å². The molecule has 4 bridgehead atoms. The van der Waals surface area contributed by atoms with Gasteiger partial charge in [0.25, 0.3) is 5.88 Å². The molecule has 2 N–H and O–H groups in total. The molecule has 1 aliphatic carbocycles. The molecular formula is C21H28ClN7O2. The molecule has 0 radical (unpaired) electrons. The molecule has 0 aromatic carbocycles. The van der Waals surface area contributed by atoms with Crippen LogP contribution in [0, 0.1) is 6.92 Å². The van der Waals surface area contributed by atoms with Crippen molar-refractivity contribution in [2.75, 3.05) is 30.4 Å². The van der Waals surface area contributed by atoms with Crippen LogP contribution in [0.3, 0.4) is 0 Å². The number of fused-ring (bicyclic) bond motifs is 5. The van der Waals surface area contributed by atoms with Crippen LogP contribution in [0.1, 0.15) is 44.3 Å². The van der Waals surface area contributed by atoms with Gasteiger partial charge in [0.2, 0.25) is 5.95 Å². The summed E-state index contributed by atoms with van der Waals surface area (Å²) >= 11 is 6.28. The van der Waals surface area contributed by atoms with Crippen LogP contribution in [-0.4, -0.2) is 68.6 Å². The van der Waals surface area contributed by atoms with Gasteiger partial charge in [-0.05, 0) is 33.1 Å². The molecule has 3 atom stereocenters. The predicted molar refractivity (Wildman–Crippen MR) is 117 cm³/mol. The van der Waals surface area contributed by atoms with Crippen molar-refractivity contribution in [3.63, 3.8) is 0 Å². The minimum Gasteiger partial charge on any atom is -0.475 e. The Labute approximate surface area is 186 Å². The van der Waals surface area contributed by atoms with Gasteiger partial charge in [0, 0.05) is 31.1 Å². The maximum Gasteiger partial charge on any atom is 0.257 e. The van der Waals surface area contributed by atoms with E-state index in [0.717, 1.165) is 43.8 Å². The number of anilines is 3. The second kappa shape index (κ2) is 7.50. The summed E-state index contributed by atoms with van der Waals surface area (Å²) in [4.78, 5) is 11.6. The van der Waals surface area contributed by atoms with Crippen molar-refractivity contribution in [3.05, 3.63) is 16.9 Å². The van der Waals surface area contributed by atoms with Crippen LogP contribution < -0.4 is 15.4 Å². The number of nitrogens with zero attached hydrogens (tertiary/aromatic N) is 5. The first-order chi connectivity index (χ1) is 15.0. The molecule has 2 saturated heterocycles. The Hall–Kier alpha value is -2.10. The number of hydrogen-bond donors (Lipinski definition) is 2. The Morgan fingerprint density at radius 3 is 2.84 bits per heavy atom. The van der Waals surface area contributed by atoms with Crippen LogP contribution >= 0.6 is 11.6 Å². The van der Waals surface area contributed by atoms with Gasteiger partial charge in [0.05, 0.1) is 37.3 Å². The summed E-state index contributed by atoms with van der Waals surface area (Å²) in [7, 11) is 0. The number of ether oxygens (including phenoxy) is 2. The number of hydrogen-bond acceptors (Lipinski definition) is 8. The molecule has 6 rings (SSSR count). The summed E-state index contributed by atoms with van der Waals surface area (Å²) < 4.78 is 14.0. The molecule has 31 heavy (non-hydrogen) atoms. The highest BCUT2D eigenvalue weighted by molar-refractivity contribution is 6.32. The van der Waals surface area contributed by atoms with Gasteiger partial charge >= 0.3 is 0 Å². The number of nitrogens with one attached hydrogen (secondary N) is 2. The Kier molecular flexibility index (Phi) is 4.73. The van der Waals surface area contributed by atoms with Crippen molar-refractivity contribution in [1.82, 2.24) is 24.6 Å². The van der Waals surface area contributed by atoms with Crippen molar-refractivity contribution in [2.45, 2.75) is 69.8 Å². The Morgan fingerprint density at radius 2 is 2.06 bits per heavy atom. The zero-order valence-electron chi connectivity index (χ0n) is 17.8. The van der Waals surface area contributed by atoms with Crippen LogP contribution in [0.25, 0.3) is 0 Å². The summed E-state index contributed by atoms with van der Waals surface area (Å²) in [5.74, 6) is 1.72. The zero-order valence-corrected chi connectivity index (χ0v) is 18.6. The largest absolute Gasteiger partial charge is 0.475 e. The third-order valence-corrected chi connectivity index (χ3v) is 7.39. The third-order valence-electron chi connectivity index (χ3n) is 7.12. The molecule has 1 saturated carbocycles. The Balaban J connectivity index is 1.24. The van der Waals surface area contributed by atoms with E-state index >= 15 is 0 Å². The topological polar surface area (TPSA) is 89.4 Å².